The molecule has 2 bridgehead atoms. The standard InChI is InChI=1S/C17H14ClNO5/c1-9(20)23-8-17-6-5-12(24-17)13-14(17)16(22)19(15(13)21)11-4-2-3-10(18)7-11/h2-7,12-14H,8H2,1H3/t12-,13+,14+,17-/m1/s1. The van der Waals surface area contributed by atoms with Crippen molar-refractivity contribution in [3.63, 3.8) is 0 Å². The number of carbonyl (C=O) groups excluding carboxylic acids is 3. The largest absolute Gasteiger partial charge is 0.462 e. The number of amides is 2. The van der Waals surface area contributed by atoms with E-state index in [0.29, 0.717) is 10.7 Å². The summed E-state index contributed by atoms with van der Waals surface area (Å²) in [6.45, 7) is 1.21. The van der Waals surface area contributed by atoms with Crippen molar-refractivity contribution < 1.29 is 23.9 Å². The molecule has 3 aliphatic heterocycles. The second-order valence-electron chi connectivity index (χ2n) is 6.17. The molecule has 0 radical (unpaired) electrons. The number of carbonyl (C=O) groups is 3. The molecule has 4 atom stereocenters. The fraction of sp³-hybridized carbons (Fsp3) is 0.353. The van der Waals surface area contributed by atoms with Gasteiger partial charge in [0.1, 0.15) is 12.2 Å². The van der Waals surface area contributed by atoms with E-state index in [1.807, 2.05) is 0 Å². The van der Waals surface area contributed by atoms with Crippen LogP contribution in [0.4, 0.5) is 5.69 Å². The molecule has 2 saturated heterocycles. The molecule has 2 fully saturated rings. The van der Waals surface area contributed by atoms with Crippen molar-refractivity contribution in [2.45, 2.75) is 18.6 Å². The lowest BCUT2D eigenvalue weighted by Gasteiger charge is -2.28. The minimum atomic E-state index is -1.07. The lowest BCUT2D eigenvalue weighted by molar-refractivity contribution is -0.150. The first-order valence-electron chi connectivity index (χ1n) is 7.57. The molecule has 24 heavy (non-hydrogen) atoms. The van der Waals surface area contributed by atoms with E-state index in [1.165, 1.54) is 6.92 Å². The number of imide groups is 1. The van der Waals surface area contributed by atoms with Gasteiger partial charge < -0.3 is 9.47 Å². The van der Waals surface area contributed by atoms with E-state index in [0.717, 1.165) is 4.90 Å². The van der Waals surface area contributed by atoms with Crippen LogP contribution >= 0.6 is 11.6 Å². The highest BCUT2D eigenvalue weighted by molar-refractivity contribution is 6.31. The van der Waals surface area contributed by atoms with Gasteiger partial charge in [0.25, 0.3) is 0 Å². The van der Waals surface area contributed by atoms with Crippen molar-refractivity contribution in [2.75, 3.05) is 11.5 Å². The summed E-state index contributed by atoms with van der Waals surface area (Å²) in [5.41, 5.74) is -0.630. The summed E-state index contributed by atoms with van der Waals surface area (Å²) >= 11 is 5.98. The molecule has 0 aliphatic carbocycles. The smallest absolute Gasteiger partial charge is 0.302 e. The fourth-order valence-electron chi connectivity index (χ4n) is 3.75. The van der Waals surface area contributed by atoms with Crippen molar-refractivity contribution in [1.29, 1.82) is 0 Å². The first-order valence-corrected chi connectivity index (χ1v) is 7.95. The minimum Gasteiger partial charge on any atom is -0.462 e. The Morgan fingerprint density at radius 2 is 2.17 bits per heavy atom. The van der Waals surface area contributed by atoms with Crippen molar-refractivity contribution in [1.82, 2.24) is 0 Å². The molecule has 124 valence electrons. The molecular formula is C17H14ClNO5. The van der Waals surface area contributed by atoms with Gasteiger partial charge in [-0.25, -0.2) is 4.90 Å². The predicted molar refractivity (Wildman–Crippen MR) is 84.3 cm³/mol. The average Bonchev–Trinajstić information content (AvgIpc) is 3.16. The van der Waals surface area contributed by atoms with E-state index in [9.17, 15) is 14.4 Å². The van der Waals surface area contributed by atoms with Crippen LogP contribution in [0.15, 0.2) is 36.4 Å². The SMILES string of the molecule is CC(=O)OC[C@@]12C=C[C@@H](O1)[C@@H]1C(=O)N(c3cccc(Cl)c3)C(=O)[C@H]12. The molecule has 4 rings (SSSR count). The number of nitrogens with zero attached hydrogens (tertiary/aromatic N) is 1. The first kappa shape index (κ1) is 15.4. The Morgan fingerprint density at radius 3 is 2.88 bits per heavy atom. The highest BCUT2D eigenvalue weighted by atomic mass is 35.5. The van der Waals surface area contributed by atoms with Gasteiger partial charge in [-0.3, -0.25) is 14.4 Å². The molecule has 1 aromatic carbocycles. The molecular weight excluding hydrogens is 334 g/mol. The van der Waals surface area contributed by atoms with Gasteiger partial charge in [-0.1, -0.05) is 23.7 Å². The first-order chi connectivity index (χ1) is 11.4. The molecule has 0 aromatic heterocycles. The summed E-state index contributed by atoms with van der Waals surface area (Å²) in [4.78, 5) is 38.1. The summed E-state index contributed by atoms with van der Waals surface area (Å²) in [6.07, 6.45) is 3.01. The van der Waals surface area contributed by atoms with Gasteiger partial charge in [0, 0.05) is 11.9 Å². The van der Waals surface area contributed by atoms with E-state index in [-0.39, 0.29) is 18.4 Å². The maximum absolute atomic E-state index is 13.0. The lowest BCUT2D eigenvalue weighted by Crippen LogP contribution is -2.44. The normalized spacial score (nSPS) is 33.2. The maximum Gasteiger partial charge on any atom is 0.302 e. The third-order valence-electron chi connectivity index (χ3n) is 4.72. The summed E-state index contributed by atoms with van der Waals surface area (Å²) in [6, 6.07) is 6.60. The van der Waals surface area contributed by atoms with Crippen molar-refractivity contribution in [3.8, 4) is 0 Å². The molecule has 7 heteroatoms. The maximum atomic E-state index is 13.0. The van der Waals surface area contributed by atoms with Gasteiger partial charge in [-0.2, -0.15) is 0 Å². The Balaban J connectivity index is 1.70. The molecule has 3 aliphatic rings. The molecule has 0 saturated carbocycles. The Labute approximate surface area is 143 Å². The number of hydrogen-bond donors (Lipinski definition) is 0. The van der Waals surface area contributed by atoms with Gasteiger partial charge in [0.15, 0.2) is 0 Å². The van der Waals surface area contributed by atoms with Crippen molar-refractivity contribution in [3.05, 3.63) is 41.4 Å². The second-order valence-corrected chi connectivity index (χ2v) is 6.61. The van der Waals surface area contributed by atoms with Crippen LogP contribution in [-0.4, -0.2) is 36.1 Å². The van der Waals surface area contributed by atoms with Crippen LogP contribution < -0.4 is 4.90 Å². The number of halogens is 1. The van der Waals surface area contributed by atoms with Gasteiger partial charge >= 0.3 is 5.97 Å². The monoisotopic (exact) mass is 347 g/mol. The molecule has 0 N–H and O–H groups in total. The average molecular weight is 348 g/mol. The van der Waals surface area contributed by atoms with E-state index in [1.54, 1.807) is 36.4 Å². The van der Waals surface area contributed by atoms with E-state index < -0.39 is 29.5 Å². The molecule has 0 unspecified atom stereocenters. The number of benzene rings is 1. The van der Waals surface area contributed by atoms with Gasteiger partial charge in [0.05, 0.1) is 23.6 Å². The highest BCUT2D eigenvalue weighted by Gasteiger charge is 2.68. The number of rotatable bonds is 3. The molecule has 1 aromatic rings. The third kappa shape index (κ3) is 2.03. The third-order valence-corrected chi connectivity index (χ3v) is 4.96. The molecule has 6 nitrogen and oxygen atoms in total. The zero-order valence-electron chi connectivity index (χ0n) is 12.8. The Kier molecular flexibility index (Phi) is 3.30. The summed E-state index contributed by atoms with van der Waals surface area (Å²) in [7, 11) is 0. The molecule has 2 amide bonds. The van der Waals surface area contributed by atoms with Gasteiger partial charge in [-0.15, -0.1) is 0 Å². The number of hydrogen-bond acceptors (Lipinski definition) is 5. The number of anilines is 1. The second kappa shape index (κ2) is 5.16. The van der Waals surface area contributed by atoms with Crippen LogP contribution in [0.25, 0.3) is 0 Å². The summed E-state index contributed by atoms with van der Waals surface area (Å²) < 4.78 is 10.9. The number of esters is 1. The van der Waals surface area contributed by atoms with E-state index in [2.05, 4.69) is 0 Å². The summed E-state index contributed by atoms with van der Waals surface area (Å²) in [5.74, 6) is -2.43. The van der Waals surface area contributed by atoms with Crippen LogP contribution in [0.1, 0.15) is 6.92 Å². The Hall–Kier alpha value is -2.18. The van der Waals surface area contributed by atoms with Crippen LogP contribution in [0.3, 0.4) is 0 Å². The number of ether oxygens (including phenoxy) is 2. The fourth-order valence-corrected chi connectivity index (χ4v) is 3.94. The predicted octanol–water partition coefficient (Wildman–Crippen LogP) is 1.72. The summed E-state index contributed by atoms with van der Waals surface area (Å²) in [5, 5.41) is 0.442. The van der Waals surface area contributed by atoms with E-state index in [4.69, 9.17) is 21.1 Å². The van der Waals surface area contributed by atoms with Crippen LogP contribution in [-0.2, 0) is 23.9 Å². The quantitative estimate of drug-likeness (QED) is 0.473. The van der Waals surface area contributed by atoms with E-state index >= 15 is 0 Å². The minimum absolute atomic E-state index is 0.0844. The van der Waals surface area contributed by atoms with Crippen LogP contribution in [0.5, 0.6) is 0 Å². The van der Waals surface area contributed by atoms with Crippen molar-refractivity contribution >= 4 is 35.1 Å². The zero-order valence-corrected chi connectivity index (χ0v) is 13.5. The molecule has 0 spiro atoms. The Bertz CT molecular complexity index is 791. The lowest BCUT2D eigenvalue weighted by atomic mass is 9.77. The van der Waals surface area contributed by atoms with Crippen molar-refractivity contribution in [2.24, 2.45) is 11.8 Å². The molecule has 3 heterocycles. The number of fused-ring (bicyclic) bond motifs is 5. The zero-order chi connectivity index (χ0) is 17.1. The topological polar surface area (TPSA) is 72.9 Å². The van der Waals surface area contributed by atoms with Crippen LogP contribution in [0, 0.1) is 11.8 Å². The highest BCUT2D eigenvalue weighted by Crippen LogP contribution is 2.52. The van der Waals surface area contributed by atoms with Gasteiger partial charge in [-0.05, 0) is 24.3 Å². The van der Waals surface area contributed by atoms with Gasteiger partial charge in [0.2, 0.25) is 11.8 Å². The van der Waals surface area contributed by atoms with Crippen LogP contribution in [0.2, 0.25) is 5.02 Å². The Morgan fingerprint density at radius 1 is 1.38 bits per heavy atom.